The number of rotatable bonds is 5. The Morgan fingerprint density at radius 3 is 2.73 bits per heavy atom. The summed E-state index contributed by atoms with van der Waals surface area (Å²) in [5, 5.41) is 7.28. The molecule has 1 aromatic heterocycles. The van der Waals surface area contributed by atoms with Crippen LogP contribution in [0.5, 0.6) is 5.75 Å². The molecule has 2 fully saturated rings. The lowest BCUT2D eigenvalue weighted by molar-refractivity contribution is 0.0755. The van der Waals surface area contributed by atoms with E-state index in [4.69, 9.17) is 4.74 Å². The van der Waals surface area contributed by atoms with E-state index in [-0.39, 0.29) is 5.91 Å². The van der Waals surface area contributed by atoms with Crippen LogP contribution in [0.3, 0.4) is 0 Å². The van der Waals surface area contributed by atoms with E-state index in [2.05, 4.69) is 27.2 Å². The smallest absolute Gasteiger partial charge is 0.274 e. The van der Waals surface area contributed by atoms with Gasteiger partial charge in [0.15, 0.2) is 0 Å². The topological polar surface area (TPSA) is 61.5 Å². The molecule has 0 spiro atoms. The lowest BCUT2D eigenvalue weighted by Crippen LogP contribution is -2.35. The molecule has 1 N–H and O–H groups in total. The molecule has 0 atom stereocenters. The second kappa shape index (κ2) is 7.50. The molecule has 1 aromatic carbocycles. The normalized spacial score (nSPS) is 18.6. The van der Waals surface area contributed by atoms with E-state index in [1.165, 1.54) is 18.4 Å². The monoisotopic (exact) mass is 354 g/mol. The Hall–Kier alpha value is -2.34. The van der Waals surface area contributed by atoms with E-state index in [9.17, 15) is 4.79 Å². The van der Waals surface area contributed by atoms with Crippen LogP contribution in [0.4, 0.5) is 0 Å². The average molecular weight is 354 g/mol. The molecular formula is C20H26N4O2. The zero-order valence-electron chi connectivity index (χ0n) is 15.3. The van der Waals surface area contributed by atoms with Crippen LogP contribution in [-0.4, -0.2) is 59.2 Å². The van der Waals surface area contributed by atoms with Gasteiger partial charge in [-0.2, -0.15) is 5.10 Å². The Balaban J connectivity index is 1.33. The van der Waals surface area contributed by atoms with E-state index < -0.39 is 0 Å². The van der Waals surface area contributed by atoms with Crippen molar-refractivity contribution in [2.45, 2.75) is 31.7 Å². The number of H-pyrrole nitrogens is 1. The van der Waals surface area contributed by atoms with Crippen molar-refractivity contribution in [2.75, 3.05) is 33.3 Å². The van der Waals surface area contributed by atoms with Crippen LogP contribution in [0.2, 0.25) is 0 Å². The predicted molar refractivity (Wildman–Crippen MR) is 99.4 cm³/mol. The number of benzene rings is 1. The van der Waals surface area contributed by atoms with E-state index in [1.807, 2.05) is 23.1 Å². The van der Waals surface area contributed by atoms with Gasteiger partial charge in [-0.15, -0.1) is 0 Å². The minimum Gasteiger partial charge on any atom is -0.497 e. The Morgan fingerprint density at radius 2 is 2.00 bits per heavy atom. The Bertz CT molecular complexity index is 751. The number of carbonyl (C=O) groups is 1. The summed E-state index contributed by atoms with van der Waals surface area (Å²) in [5.74, 6) is 1.53. The quantitative estimate of drug-likeness (QED) is 0.897. The summed E-state index contributed by atoms with van der Waals surface area (Å²) >= 11 is 0. The number of amides is 1. The van der Waals surface area contributed by atoms with Gasteiger partial charge in [0.05, 0.1) is 7.11 Å². The molecule has 4 rings (SSSR count). The minimum atomic E-state index is 0.0550. The number of ether oxygens (including phenoxy) is 1. The summed E-state index contributed by atoms with van der Waals surface area (Å²) in [4.78, 5) is 17.1. The van der Waals surface area contributed by atoms with E-state index in [1.54, 1.807) is 7.11 Å². The fraction of sp³-hybridized carbons (Fsp3) is 0.500. The molecule has 1 aliphatic carbocycles. The number of aromatic nitrogens is 2. The van der Waals surface area contributed by atoms with Crippen LogP contribution in [0.1, 0.15) is 46.9 Å². The van der Waals surface area contributed by atoms with Crippen LogP contribution in [-0.2, 0) is 6.54 Å². The number of hydrogen-bond acceptors (Lipinski definition) is 4. The second-order valence-electron chi connectivity index (χ2n) is 7.25. The molecule has 1 saturated carbocycles. The van der Waals surface area contributed by atoms with Crippen molar-refractivity contribution < 1.29 is 9.53 Å². The Kier molecular flexibility index (Phi) is 4.93. The van der Waals surface area contributed by atoms with E-state index in [0.717, 1.165) is 50.6 Å². The van der Waals surface area contributed by atoms with Crippen LogP contribution in [0.25, 0.3) is 0 Å². The fourth-order valence-corrected chi connectivity index (χ4v) is 3.53. The molecule has 2 aliphatic rings. The number of hydrogen-bond donors (Lipinski definition) is 1. The van der Waals surface area contributed by atoms with Gasteiger partial charge < -0.3 is 9.64 Å². The van der Waals surface area contributed by atoms with Gasteiger partial charge in [-0.3, -0.25) is 14.8 Å². The summed E-state index contributed by atoms with van der Waals surface area (Å²) in [6, 6.07) is 10.2. The largest absolute Gasteiger partial charge is 0.497 e. The summed E-state index contributed by atoms with van der Waals surface area (Å²) in [7, 11) is 1.68. The highest BCUT2D eigenvalue weighted by Gasteiger charge is 2.28. The number of nitrogens with one attached hydrogen (secondary N) is 1. The van der Waals surface area contributed by atoms with Crippen molar-refractivity contribution >= 4 is 5.91 Å². The van der Waals surface area contributed by atoms with Crippen LogP contribution >= 0.6 is 0 Å². The molecule has 138 valence electrons. The van der Waals surface area contributed by atoms with Crippen molar-refractivity contribution in [3.8, 4) is 5.75 Å². The first kappa shape index (κ1) is 17.1. The van der Waals surface area contributed by atoms with Gasteiger partial charge in [0.2, 0.25) is 0 Å². The molecule has 2 heterocycles. The molecule has 6 nitrogen and oxygen atoms in total. The molecule has 6 heteroatoms. The number of methoxy groups -OCH3 is 1. The standard InChI is InChI=1S/C20H26N4O2/c1-26-17-7-3-15(4-8-17)14-23-9-2-10-24(12-11-23)20(25)19-13-18(21-22-19)16-5-6-16/h3-4,7-8,13,16H,2,5-6,9-12,14H2,1H3,(H,21,22). The predicted octanol–water partition coefficient (Wildman–Crippen LogP) is 2.64. The van der Waals surface area contributed by atoms with E-state index >= 15 is 0 Å². The third-order valence-electron chi connectivity index (χ3n) is 5.27. The highest BCUT2D eigenvalue weighted by Crippen LogP contribution is 2.39. The molecule has 26 heavy (non-hydrogen) atoms. The van der Waals surface area contributed by atoms with E-state index in [0.29, 0.717) is 11.6 Å². The first-order valence-corrected chi connectivity index (χ1v) is 9.43. The number of carbonyl (C=O) groups excluding carboxylic acids is 1. The van der Waals surface area contributed by atoms with Gasteiger partial charge in [0.25, 0.3) is 5.91 Å². The molecule has 0 unspecified atom stereocenters. The number of nitrogens with zero attached hydrogens (tertiary/aromatic N) is 3. The van der Waals surface area contributed by atoms with Gasteiger partial charge in [-0.05, 0) is 43.0 Å². The summed E-state index contributed by atoms with van der Waals surface area (Å²) in [5.41, 5.74) is 2.95. The van der Waals surface area contributed by atoms with Gasteiger partial charge in [0, 0.05) is 44.3 Å². The molecule has 0 radical (unpaired) electrons. The Morgan fingerprint density at radius 1 is 1.19 bits per heavy atom. The fourth-order valence-electron chi connectivity index (χ4n) is 3.53. The van der Waals surface area contributed by atoms with Crippen LogP contribution in [0.15, 0.2) is 30.3 Å². The summed E-state index contributed by atoms with van der Waals surface area (Å²) < 4.78 is 5.22. The third-order valence-corrected chi connectivity index (χ3v) is 5.27. The van der Waals surface area contributed by atoms with Crippen LogP contribution in [0, 0.1) is 0 Å². The first-order chi connectivity index (χ1) is 12.7. The minimum absolute atomic E-state index is 0.0550. The van der Waals surface area contributed by atoms with Crippen LogP contribution < -0.4 is 4.74 Å². The van der Waals surface area contributed by atoms with Gasteiger partial charge in [-0.25, -0.2) is 0 Å². The van der Waals surface area contributed by atoms with Crippen molar-refractivity contribution in [1.82, 2.24) is 20.0 Å². The highest BCUT2D eigenvalue weighted by atomic mass is 16.5. The maximum Gasteiger partial charge on any atom is 0.274 e. The van der Waals surface area contributed by atoms with Gasteiger partial charge in [-0.1, -0.05) is 12.1 Å². The SMILES string of the molecule is COc1ccc(CN2CCCN(C(=O)c3cc(C4CC4)[nH]n3)CC2)cc1. The van der Waals surface area contributed by atoms with Crippen molar-refractivity contribution in [3.63, 3.8) is 0 Å². The van der Waals surface area contributed by atoms with Crippen molar-refractivity contribution in [3.05, 3.63) is 47.3 Å². The molecule has 1 aliphatic heterocycles. The highest BCUT2D eigenvalue weighted by molar-refractivity contribution is 5.92. The van der Waals surface area contributed by atoms with Crippen molar-refractivity contribution in [1.29, 1.82) is 0 Å². The average Bonchev–Trinajstić information content (AvgIpc) is 3.45. The van der Waals surface area contributed by atoms with Gasteiger partial charge >= 0.3 is 0 Å². The molecular weight excluding hydrogens is 328 g/mol. The third kappa shape index (κ3) is 3.90. The van der Waals surface area contributed by atoms with Crippen molar-refractivity contribution in [2.24, 2.45) is 0 Å². The summed E-state index contributed by atoms with van der Waals surface area (Å²) in [6.45, 7) is 4.34. The number of aromatic amines is 1. The summed E-state index contributed by atoms with van der Waals surface area (Å²) in [6.07, 6.45) is 3.40. The maximum atomic E-state index is 12.8. The second-order valence-corrected chi connectivity index (χ2v) is 7.25. The lowest BCUT2D eigenvalue weighted by Gasteiger charge is -2.21. The zero-order valence-corrected chi connectivity index (χ0v) is 15.3. The Labute approximate surface area is 154 Å². The molecule has 1 saturated heterocycles. The maximum absolute atomic E-state index is 12.8. The first-order valence-electron chi connectivity index (χ1n) is 9.43. The zero-order chi connectivity index (χ0) is 17.9. The van der Waals surface area contributed by atoms with Gasteiger partial charge in [0.1, 0.15) is 11.4 Å². The lowest BCUT2D eigenvalue weighted by atomic mass is 10.2. The molecule has 2 aromatic rings. The molecule has 1 amide bonds. The molecule has 0 bridgehead atoms.